The molecule has 5 heteroatoms. The highest BCUT2D eigenvalue weighted by atomic mass is 127. The lowest BCUT2D eigenvalue weighted by molar-refractivity contribution is 0.197. The predicted molar refractivity (Wildman–Crippen MR) is 113 cm³/mol. The zero-order valence-electron chi connectivity index (χ0n) is 15.4. The molecule has 3 aliphatic rings. The molecule has 140 valence electrons. The van der Waals surface area contributed by atoms with Gasteiger partial charge in [-0.1, -0.05) is 38.5 Å². The van der Waals surface area contributed by atoms with Crippen molar-refractivity contribution >= 4 is 29.9 Å². The summed E-state index contributed by atoms with van der Waals surface area (Å²) in [5.74, 6) is 2.04. The molecule has 0 aromatic carbocycles. The van der Waals surface area contributed by atoms with E-state index < -0.39 is 0 Å². The highest BCUT2D eigenvalue weighted by Crippen LogP contribution is 2.29. The number of nitrogens with zero attached hydrogens (tertiary/aromatic N) is 2. The first-order valence-corrected chi connectivity index (χ1v) is 10.1. The predicted octanol–water partition coefficient (Wildman–Crippen LogP) is 3.76. The number of aliphatic imine (C=N–C) groups is 1. The molecule has 24 heavy (non-hydrogen) atoms. The summed E-state index contributed by atoms with van der Waals surface area (Å²) in [6.45, 7) is 3.59. The van der Waals surface area contributed by atoms with Gasteiger partial charge in [0.05, 0.1) is 0 Å². The van der Waals surface area contributed by atoms with Gasteiger partial charge >= 0.3 is 0 Å². The van der Waals surface area contributed by atoms with Crippen LogP contribution in [0.2, 0.25) is 0 Å². The Hall–Kier alpha value is -0.0400. The molecule has 0 unspecified atom stereocenters. The number of nitrogens with one attached hydrogen (secondary N) is 2. The van der Waals surface area contributed by atoms with Crippen molar-refractivity contribution in [1.29, 1.82) is 0 Å². The van der Waals surface area contributed by atoms with Crippen LogP contribution >= 0.6 is 24.0 Å². The van der Waals surface area contributed by atoms with Gasteiger partial charge in [0, 0.05) is 38.8 Å². The molecule has 2 aliphatic carbocycles. The van der Waals surface area contributed by atoms with E-state index in [1.807, 2.05) is 7.05 Å². The van der Waals surface area contributed by atoms with Gasteiger partial charge in [-0.3, -0.25) is 4.99 Å². The Morgan fingerprint density at radius 3 is 2.33 bits per heavy atom. The van der Waals surface area contributed by atoms with Crippen molar-refractivity contribution in [3.63, 3.8) is 0 Å². The zero-order valence-corrected chi connectivity index (χ0v) is 17.8. The van der Waals surface area contributed by atoms with Gasteiger partial charge in [0.1, 0.15) is 0 Å². The van der Waals surface area contributed by atoms with Crippen LogP contribution in [0.25, 0.3) is 0 Å². The van der Waals surface area contributed by atoms with Crippen LogP contribution in [0.3, 0.4) is 0 Å². The Balaban J connectivity index is 0.00000208. The van der Waals surface area contributed by atoms with Crippen LogP contribution in [0.5, 0.6) is 0 Å². The van der Waals surface area contributed by atoms with Gasteiger partial charge in [-0.15, -0.1) is 24.0 Å². The van der Waals surface area contributed by atoms with Crippen LogP contribution in [0.15, 0.2) is 4.99 Å². The van der Waals surface area contributed by atoms with Crippen molar-refractivity contribution in [2.75, 3.05) is 26.7 Å². The maximum atomic E-state index is 4.40. The van der Waals surface area contributed by atoms with E-state index in [0.29, 0.717) is 6.04 Å². The summed E-state index contributed by atoms with van der Waals surface area (Å²) in [7, 11) is 1.90. The Labute approximate surface area is 165 Å². The molecule has 0 aromatic heterocycles. The number of hydrogen-bond donors (Lipinski definition) is 2. The Morgan fingerprint density at radius 1 is 1.00 bits per heavy atom. The van der Waals surface area contributed by atoms with Gasteiger partial charge in [0.25, 0.3) is 0 Å². The third-order valence-electron chi connectivity index (χ3n) is 5.96. The van der Waals surface area contributed by atoms with Gasteiger partial charge in [-0.2, -0.15) is 0 Å². The molecule has 3 rings (SSSR count). The minimum Gasteiger partial charge on any atom is -0.356 e. The van der Waals surface area contributed by atoms with Crippen molar-refractivity contribution in [3.8, 4) is 0 Å². The van der Waals surface area contributed by atoms with Gasteiger partial charge in [-0.05, 0) is 38.0 Å². The molecule has 1 heterocycles. The van der Waals surface area contributed by atoms with E-state index in [2.05, 4.69) is 20.5 Å². The number of piperidine rings is 1. The van der Waals surface area contributed by atoms with Gasteiger partial charge in [0.15, 0.2) is 5.96 Å². The Kier molecular flexibility index (Phi) is 9.16. The lowest BCUT2D eigenvalue weighted by Crippen LogP contribution is -2.49. The van der Waals surface area contributed by atoms with Crippen LogP contribution in [0.1, 0.15) is 70.6 Å². The van der Waals surface area contributed by atoms with Crippen molar-refractivity contribution in [2.45, 2.75) is 82.7 Å². The van der Waals surface area contributed by atoms with E-state index in [4.69, 9.17) is 0 Å². The number of rotatable bonds is 7. The average molecular weight is 448 g/mol. The van der Waals surface area contributed by atoms with E-state index in [0.717, 1.165) is 24.5 Å². The first-order chi connectivity index (χ1) is 11.3. The number of unbranched alkanes of at least 4 members (excludes halogenated alkanes) is 1. The molecule has 0 amide bonds. The largest absolute Gasteiger partial charge is 0.356 e. The monoisotopic (exact) mass is 448 g/mol. The molecule has 0 bridgehead atoms. The van der Waals surface area contributed by atoms with Crippen molar-refractivity contribution in [2.24, 2.45) is 10.9 Å². The Bertz CT molecular complexity index is 370. The zero-order chi connectivity index (χ0) is 15.9. The molecule has 0 atom stereocenters. The average Bonchev–Trinajstić information content (AvgIpc) is 3.30. The quantitative estimate of drug-likeness (QED) is 0.270. The smallest absolute Gasteiger partial charge is 0.191 e. The second-order valence-corrected chi connectivity index (χ2v) is 7.83. The van der Waals surface area contributed by atoms with Crippen molar-refractivity contribution in [1.82, 2.24) is 15.5 Å². The first kappa shape index (κ1) is 20.3. The fourth-order valence-corrected chi connectivity index (χ4v) is 4.30. The highest BCUT2D eigenvalue weighted by molar-refractivity contribution is 14.0. The minimum absolute atomic E-state index is 0. The van der Waals surface area contributed by atoms with E-state index in [1.54, 1.807) is 0 Å². The molecule has 0 spiro atoms. The second-order valence-electron chi connectivity index (χ2n) is 7.83. The number of hydrogen-bond acceptors (Lipinski definition) is 2. The van der Waals surface area contributed by atoms with Crippen LogP contribution in [-0.2, 0) is 0 Å². The molecule has 2 saturated carbocycles. The topological polar surface area (TPSA) is 39.7 Å². The van der Waals surface area contributed by atoms with Crippen molar-refractivity contribution < 1.29 is 0 Å². The van der Waals surface area contributed by atoms with Gasteiger partial charge in [0.2, 0.25) is 0 Å². The van der Waals surface area contributed by atoms with Crippen molar-refractivity contribution in [3.05, 3.63) is 0 Å². The number of guanidine groups is 1. The molecule has 1 aliphatic heterocycles. The van der Waals surface area contributed by atoms with E-state index in [-0.39, 0.29) is 24.0 Å². The fourth-order valence-electron chi connectivity index (χ4n) is 4.30. The molecular weight excluding hydrogens is 411 g/mol. The standard InChI is InChI=1S/C19H36N4.HI/c1-20-19(21-13-5-4-8-16-6-2-3-7-16)22-17-11-14-23(15-12-17)18-9-10-18;/h16-18H,2-15H2,1H3,(H2,20,21,22);1H. The lowest BCUT2D eigenvalue weighted by Gasteiger charge is -2.33. The summed E-state index contributed by atoms with van der Waals surface area (Å²) in [6, 6.07) is 1.53. The normalized spacial score (nSPS) is 24.0. The molecular formula is C19H37IN4. The second kappa shape index (κ2) is 10.8. The summed E-state index contributed by atoms with van der Waals surface area (Å²) in [4.78, 5) is 7.08. The fraction of sp³-hybridized carbons (Fsp3) is 0.947. The van der Waals surface area contributed by atoms with E-state index in [9.17, 15) is 0 Å². The van der Waals surface area contributed by atoms with Gasteiger partial charge in [-0.25, -0.2) is 0 Å². The van der Waals surface area contributed by atoms with Crippen LogP contribution in [0, 0.1) is 5.92 Å². The molecule has 3 fully saturated rings. The van der Waals surface area contributed by atoms with Crippen LogP contribution in [0.4, 0.5) is 0 Å². The summed E-state index contributed by atoms with van der Waals surface area (Å²) < 4.78 is 0. The summed E-state index contributed by atoms with van der Waals surface area (Å²) in [5, 5.41) is 7.14. The third-order valence-corrected chi connectivity index (χ3v) is 5.96. The lowest BCUT2D eigenvalue weighted by atomic mass is 10.0. The molecule has 1 saturated heterocycles. The number of halogens is 1. The molecule has 2 N–H and O–H groups in total. The number of likely N-dealkylation sites (tertiary alicyclic amines) is 1. The summed E-state index contributed by atoms with van der Waals surface area (Å²) in [5.41, 5.74) is 0. The molecule has 0 aromatic rings. The van der Waals surface area contributed by atoms with E-state index in [1.165, 1.54) is 83.7 Å². The van der Waals surface area contributed by atoms with E-state index >= 15 is 0 Å². The van der Waals surface area contributed by atoms with Gasteiger partial charge < -0.3 is 15.5 Å². The SMILES string of the molecule is CN=C(NCCCCC1CCCC1)NC1CCN(C2CC2)CC1.I. The highest BCUT2D eigenvalue weighted by Gasteiger charge is 2.31. The Morgan fingerprint density at radius 2 is 1.71 bits per heavy atom. The van der Waals surface area contributed by atoms with Crippen LogP contribution in [-0.4, -0.2) is 49.6 Å². The summed E-state index contributed by atoms with van der Waals surface area (Å²) >= 11 is 0. The maximum Gasteiger partial charge on any atom is 0.191 e. The minimum atomic E-state index is 0. The third kappa shape index (κ3) is 6.70. The maximum absolute atomic E-state index is 4.40. The van der Waals surface area contributed by atoms with Crippen LogP contribution < -0.4 is 10.6 Å². The molecule has 4 nitrogen and oxygen atoms in total. The summed E-state index contributed by atoms with van der Waals surface area (Å²) in [6.07, 6.45) is 15.4. The first-order valence-electron chi connectivity index (χ1n) is 10.1. The molecule has 0 radical (unpaired) electrons.